The van der Waals surface area contributed by atoms with Crippen LogP contribution in [0.5, 0.6) is 0 Å². The van der Waals surface area contributed by atoms with Crippen molar-refractivity contribution in [1.82, 2.24) is 25.1 Å². The lowest BCUT2D eigenvalue weighted by Crippen LogP contribution is -2.37. The van der Waals surface area contributed by atoms with Crippen LogP contribution in [0.4, 0.5) is 0 Å². The number of hydrogen-bond donors (Lipinski definition) is 0. The lowest BCUT2D eigenvalue weighted by atomic mass is 10.0. The minimum atomic E-state index is 0.605. The second kappa shape index (κ2) is 6.01. The zero-order valence-corrected chi connectivity index (χ0v) is 13.1. The molecule has 5 nitrogen and oxygen atoms in total. The zero-order chi connectivity index (χ0) is 13.9. The van der Waals surface area contributed by atoms with Crippen LogP contribution in [0.1, 0.15) is 32.0 Å². The molecule has 1 aromatic carbocycles. The van der Waals surface area contributed by atoms with Gasteiger partial charge in [0.1, 0.15) is 0 Å². The molecule has 0 saturated carbocycles. The SMILES string of the molecule is C[C@@H]1CCCCN1Cc1nnnn1-c1ccccc1Br. The highest BCUT2D eigenvalue weighted by molar-refractivity contribution is 9.10. The zero-order valence-electron chi connectivity index (χ0n) is 11.5. The number of halogens is 1. The van der Waals surface area contributed by atoms with Gasteiger partial charge in [-0.3, -0.25) is 4.90 Å². The van der Waals surface area contributed by atoms with E-state index in [1.165, 1.54) is 19.3 Å². The van der Waals surface area contributed by atoms with Crippen LogP contribution in [0.2, 0.25) is 0 Å². The van der Waals surface area contributed by atoms with Crippen molar-refractivity contribution in [3.8, 4) is 5.69 Å². The van der Waals surface area contributed by atoms with Crippen molar-refractivity contribution in [2.45, 2.75) is 38.8 Å². The van der Waals surface area contributed by atoms with E-state index in [-0.39, 0.29) is 0 Å². The summed E-state index contributed by atoms with van der Waals surface area (Å²) in [5.41, 5.74) is 0.983. The molecule has 0 bridgehead atoms. The predicted octanol–water partition coefficient (Wildman–Crippen LogP) is 2.80. The minimum Gasteiger partial charge on any atom is -0.293 e. The number of benzene rings is 1. The number of nitrogens with zero attached hydrogens (tertiary/aromatic N) is 5. The molecule has 1 atom stereocenters. The highest BCUT2D eigenvalue weighted by atomic mass is 79.9. The summed E-state index contributed by atoms with van der Waals surface area (Å²) in [5, 5.41) is 12.2. The molecule has 20 heavy (non-hydrogen) atoms. The maximum Gasteiger partial charge on any atom is 0.170 e. The monoisotopic (exact) mass is 335 g/mol. The molecule has 106 valence electrons. The van der Waals surface area contributed by atoms with Crippen molar-refractivity contribution >= 4 is 15.9 Å². The molecule has 2 heterocycles. The molecular formula is C14H18BrN5. The van der Waals surface area contributed by atoms with Gasteiger partial charge in [-0.2, -0.15) is 4.68 Å². The van der Waals surface area contributed by atoms with Crippen molar-refractivity contribution in [3.63, 3.8) is 0 Å². The molecule has 0 radical (unpaired) electrons. The summed E-state index contributed by atoms with van der Waals surface area (Å²) in [7, 11) is 0. The minimum absolute atomic E-state index is 0.605. The van der Waals surface area contributed by atoms with Gasteiger partial charge in [-0.1, -0.05) is 18.6 Å². The predicted molar refractivity (Wildman–Crippen MR) is 80.6 cm³/mol. The van der Waals surface area contributed by atoms with E-state index in [0.29, 0.717) is 6.04 Å². The number of aromatic nitrogens is 4. The lowest BCUT2D eigenvalue weighted by molar-refractivity contribution is 0.148. The van der Waals surface area contributed by atoms with Gasteiger partial charge in [-0.05, 0) is 64.8 Å². The van der Waals surface area contributed by atoms with Crippen molar-refractivity contribution in [3.05, 3.63) is 34.6 Å². The Morgan fingerprint density at radius 1 is 1.30 bits per heavy atom. The molecule has 1 aliphatic heterocycles. The highest BCUT2D eigenvalue weighted by Gasteiger charge is 2.21. The Hall–Kier alpha value is -1.27. The van der Waals surface area contributed by atoms with Crippen LogP contribution in [0.3, 0.4) is 0 Å². The van der Waals surface area contributed by atoms with E-state index in [9.17, 15) is 0 Å². The molecule has 6 heteroatoms. The Balaban J connectivity index is 1.85. The van der Waals surface area contributed by atoms with Gasteiger partial charge in [0.2, 0.25) is 0 Å². The van der Waals surface area contributed by atoms with Crippen LogP contribution in [-0.2, 0) is 6.54 Å². The van der Waals surface area contributed by atoms with Crippen LogP contribution in [0.15, 0.2) is 28.7 Å². The van der Waals surface area contributed by atoms with Crippen LogP contribution in [-0.4, -0.2) is 37.7 Å². The summed E-state index contributed by atoms with van der Waals surface area (Å²) < 4.78 is 2.83. The van der Waals surface area contributed by atoms with Crippen LogP contribution in [0, 0.1) is 0 Å². The molecule has 2 aromatic rings. The summed E-state index contributed by atoms with van der Waals surface area (Å²) in [6.07, 6.45) is 3.85. The summed E-state index contributed by atoms with van der Waals surface area (Å²) in [4.78, 5) is 2.46. The standard InChI is InChI=1S/C14H18BrN5/c1-11-6-4-5-9-19(11)10-14-16-17-18-20(14)13-8-3-2-7-12(13)15/h2-3,7-8,11H,4-6,9-10H2,1H3/t11-/m1/s1. The molecule has 1 aliphatic rings. The van der Waals surface area contributed by atoms with Crippen molar-refractivity contribution in [2.24, 2.45) is 0 Å². The van der Waals surface area contributed by atoms with E-state index in [4.69, 9.17) is 0 Å². The van der Waals surface area contributed by atoms with E-state index in [2.05, 4.69) is 43.3 Å². The normalized spacial score (nSPS) is 20.2. The molecule has 0 aliphatic carbocycles. The Morgan fingerprint density at radius 3 is 2.95 bits per heavy atom. The fourth-order valence-electron chi connectivity index (χ4n) is 2.69. The summed E-state index contributed by atoms with van der Waals surface area (Å²) in [6, 6.07) is 8.61. The van der Waals surface area contributed by atoms with Crippen LogP contribution >= 0.6 is 15.9 Å². The Labute approximate surface area is 127 Å². The van der Waals surface area contributed by atoms with Crippen molar-refractivity contribution < 1.29 is 0 Å². The first-order chi connectivity index (χ1) is 9.75. The topological polar surface area (TPSA) is 46.8 Å². The van der Waals surface area contributed by atoms with Crippen molar-refractivity contribution in [1.29, 1.82) is 0 Å². The number of hydrogen-bond acceptors (Lipinski definition) is 4. The van der Waals surface area contributed by atoms with E-state index >= 15 is 0 Å². The van der Waals surface area contributed by atoms with Crippen molar-refractivity contribution in [2.75, 3.05) is 6.54 Å². The van der Waals surface area contributed by atoms with Gasteiger partial charge in [-0.15, -0.1) is 5.10 Å². The maximum absolute atomic E-state index is 4.20. The average Bonchev–Trinajstić information content (AvgIpc) is 2.90. The van der Waals surface area contributed by atoms with Gasteiger partial charge in [0, 0.05) is 10.5 Å². The molecule has 1 saturated heterocycles. The van der Waals surface area contributed by atoms with Gasteiger partial charge < -0.3 is 0 Å². The number of rotatable bonds is 3. The Bertz CT molecular complexity index is 582. The third-order valence-corrected chi connectivity index (χ3v) is 4.57. The first kappa shape index (κ1) is 13.7. The first-order valence-corrected chi connectivity index (χ1v) is 7.81. The Kier molecular flexibility index (Phi) is 4.12. The maximum atomic E-state index is 4.20. The summed E-state index contributed by atoms with van der Waals surface area (Å²) in [6.45, 7) is 4.21. The second-order valence-corrected chi connectivity index (χ2v) is 6.13. The van der Waals surface area contributed by atoms with Gasteiger partial charge in [0.15, 0.2) is 5.82 Å². The average molecular weight is 336 g/mol. The molecule has 0 amide bonds. The largest absolute Gasteiger partial charge is 0.293 e. The highest BCUT2D eigenvalue weighted by Crippen LogP contribution is 2.22. The fourth-order valence-corrected chi connectivity index (χ4v) is 3.14. The molecule has 0 N–H and O–H groups in total. The number of likely N-dealkylation sites (tertiary alicyclic amines) is 1. The third kappa shape index (κ3) is 2.76. The van der Waals surface area contributed by atoms with Gasteiger partial charge in [-0.25, -0.2) is 0 Å². The second-order valence-electron chi connectivity index (χ2n) is 5.27. The number of tetrazole rings is 1. The lowest BCUT2D eigenvalue weighted by Gasteiger charge is -2.32. The van der Waals surface area contributed by atoms with E-state index in [1.54, 1.807) is 0 Å². The smallest absolute Gasteiger partial charge is 0.170 e. The van der Waals surface area contributed by atoms with E-state index < -0.39 is 0 Å². The molecule has 3 rings (SSSR count). The van der Waals surface area contributed by atoms with Gasteiger partial charge in [0.25, 0.3) is 0 Å². The summed E-state index contributed by atoms with van der Waals surface area (Å²) in [5.74, 6) is 0.894. The molecule has 0 unspecified atom stereocenters. The van der Waals surface area contributed by atoms with E-state index in [1.807, 2.05) is 28.9 Å². The quantitative estimate of drug-likeness (QED) is 0.865. The molecule has 1 aromatic heterocycles. The number of piperidine rings is 1. The number of para-hydroxylation sites is 1. The summed E-state index contributed by atoms with van der Waals surface area (Å²) >= 11 is 3.56. The van der Waals surface area contributed by atoms with E-state index in [0.717, 1.165) is 29.1 Å². The van der Waals surface area contributed by atoms with Gasteiger partial charge >= 0.3 is 0 Å². The van der Waals surface area contributed by atoms with Crippen LogP contribution in [0.25, 0.3) is 5.69 Å². The van der Waals surface area contributed by atoms with Crippen LogP contribution < -0.4 is 0 Å². The fraction of sp³-hybridized carbons (Fsp3) is 0.500. The third-order valence-electron chi connectivity index (χ3n) is 3.90. The molecule has 0 spiro atoms. The molecular weight excluding hydrogens is 318 g/mol. The van der Waals surface area contributed by atoms with Gasteiger partial charge in [0.05, 0.1) is 12.2 Å². The first-order valence-electron chi connectivity index (χ1n) is 7.02. The molecule has 1 fully saturated rings. The Morgan fingerprint density at radius 2 is 2.15 bits per heavy atom.